The van der Waals surface area contributed by atoms with Crippen LogP contribution in [-0.4, -0.2) is 38.5 Å². The van der Waals surface area contributed by atoms with Crippen LogP contribution in [0.5, 0.6) is 0 Å². The van der Waals surface area contributed by atoms with Crippen molar-refractivity contribution in [1.82, 2.24) is 14.9 Å². The van der Waals surface area contributed by atoms with E-state index in [1.165, 1.54) is 0 Å². The molecule has 5 heteroatoms. The van der Waals surface area contributed by atoms with E-state index in [0.29, 0.717) is 18.7 Å². The summed E-state index contributed by atoms with van der Waals surface area (Å²) < 4.78 is 0. The van der Waals surface area contributed by atoms with E-state index in [1.807, 2.05) is 19.1 Å². The number of hydrogen-bond donors (Lipinski definition) is 2. The predicted molar refractivity (Wildman–Crippen MR) is 76.1 cm³/mol. The Morgan fingerprint density at radius 3 is 2.85 bits per heavy atom. The van der Waals surface area contributed by atoms with E-state index in [9.17, 15) is 9.90 Å². The SMILES string of the molecule is CCC(CO)N(Cc1cccnc1)C(=O)c1ccc[nH]1. The molecule has 20 heavy (non-hydrogen) atoms. The summed E-state index contributed by atoms with van der Waals surface area (Å²) in [4.78, 5) is 21.2. The first-order valence-electron chi connectivity index (χ1n) is 6.70. The van der Waals surface area contributed by atoms with Gasteiger partial charge in [-0.15, -0.1) is 0 Å². The lowest BCUT2D eigenvalue weighted by atomic mass is 10.1. The number of nitrogens with one attached hydrogen (secondary N) is 1. The van der Waals surface area contributed by atoms with E-state index in [2.05, 4.69) is 9.97 Å². The fourth-order valence-corrected chi connectivity index (χ4v) is 2.12. The summed E-state index contributed by atoms with van der Waals surface area (Å²) in [7, 11) is 0. The number of rotatable bonds is 6. The van der Waals surface area contributed by atoms with E-state index in [-0.39, 0.29) is 18.6 Å². The summed E-state index contributed by atoms with van der Waals surface area (Å²) in [6.45, 7) is 2.34. The van der Waals surface area contributed by atoms with Gasteiger partial charge in [0, 0.05) is 25.1 Å². The average molecular weight is 273 g/mol. The van der Waals surface area contributed by atoms with Crippen molar-refractivity contribution in [2.45, 2.75) is 25.9 Å². The fraction of sp³-hybridized carbons (Fsp3) is 0.333. The maximum atomic E-state index is 12.5. The number of carbonyl (C=O) groups excluding carboxylic acids is 1. The van der Waals surface area contributed by atoms with Gasteiger partial charge >= 0.3 is 0 Å². The van der Waals surface area contributed by atoms with E-state index in [1.54, 1.807) is 35.6 Å². The first kappa shape index (κ1) is 14.3. The van der Waals surface area contributed by atoms with Crippen molar-refractivity contribution in [3.63, 3.8) is 0 Å². The van der Waals surface area contributed by atoms with Crippen LogP contribution in [0, 0.1) is 0 Å². The van der Waals surface area contributed by atoms with Crippen LogP contribution in [0.4, 0.5) is 0 Å². The predicted octanol–water partition coefficient (Wildman–Crippen LogP) is 1.82. The number of aromatic nitrogens is 2. The molecule has 2 heterocycles. The van der Waals surface area contributed by atoms with Crippen LogP contribution in [0.15, 0.2) is 42.9 Å². The third-order valence-electron chi connectivity index (χ3n) is 3.29. The highest BCUT2D eigenvalue weighted by molar-refractivity contribution is 5.92. The second-order valence-corrected chi connectivity index (χ2v) is 4.62. The Labute approximate surface area is 118 Å². The molecule has 0 aromatic carbocycles. The molecule has 0 spiro atoms. The molecule has 0 radical (unpaired) electrons. The monoisotopic (exact) mass is 273 g/mol. The van der Waals surface area contributed by atoms with Crippen molar-refractivity contribution < 1.29 is 9.90 Å². The van der Waals surface area contributed by atoms with Crippen molar-refractivity contribution in [1.29, 1.82) is 0 Å². The standard InChI is InChI=1S/C15H19N3O2/c1-2-13(11-19)18(10-12-5-3-7-16-9-12)15(20)14-6-4-8-17-14/h3-9,13,17,19H,2,10-11H2,1H3. The van der Waals surface area contributed by atoms with Gasteiger partial charge in [-0.2, -0.15) is 0 Å². The highest BCUT2D eigenvalue weighted by Gasteiger charge is 2.23. The van der Waals surface area contributed by atoms with Crippen LogP contribution in [0.1, 0.15) is 29.4 Å². The van der Waals surface area contributed by atoms with Gasteiger partial charge in [0.25, 0.3) is 5.91 Å². The van der Waals surface area contributed by atoms with Crippen molar-refractivity contribution >= 4 is 5.91 Å². The molecule has 0 saturated carbocycles. The molecule has 2 aromatic heterocycles. The lowest BCUT2D eigenvalue weighted by Crippen LogP contribution is -2.41. The molecular formula is C15H19N3O2. The van der Waals surface area contributed by atoms with Crippen molar-refractivity contribution in [3.05, 3.63) is 54.1 Å². The minimum absolute atomic E-state index is 0.0524. The van der Waals surface area contributed by atoms with Gasteiger partial charge in [-0.05, 0) is 30.2 Å². The second-order valence-electron chi connectivity index (χ2n) is 4.62. The van der Waals surface area contributed by atoms with Gasteiger partial charge in [0.15, 0.2) is 0 Å². The van der Waals surface area contributed by atoms with Crippen LogP contribution >= 0.6 is 0 Å². The zero-order valence-corrected chi connectivity index (χ0v) is 11.5. The van der Waals surface area contributed by atoms with Crippen molar-refractivity contribution in [3.8, 4) is 0 Å². The molecule has 106 valence electrons. The maximum absolute atomic E-state index is 12.5. The fourth-order valence-electron chi connectivity index (χ4n) is 2.12. The Morgan fingerprint density at radius 1 is 1.45 bits per heavy atom. The smallest absolute Gasteiger partial charge is 0.270 e. The summed E-state index contributed by atoms with van der Waals surface area (Å²) in [5.74, 6) is -0.111. The molecule has 2 N–H and O–H groups in total. The number of aliphatic hydroxyl groups excluding tert-OH is 1. The minimum atomic E-state index is -0.203. The van der Waals surface area contributed by atoms with Gasteiger partial charge in [0.1, 0.15) is 5.69 Å². The van der Waals surface area contributed by atoms with Crippen LogP contribution < -0.4 is 0 Å². The van der Waals surface area contributed by atoms with E-state index in [0.717, 1.165) is 5.56 Å². The van der Waals surface area contributed by atoms with Gasteiger partial charge in [-0.25, -0.2) is 0 Å². The second kappa shape index (κ2) is 6.86. The van der Waals surface area contributed by atoms with Crippen molar-refractivity contribution in [2.24, 2.45) is 0 Å². The zero-order chi connectivity index (χ0) is 14.4. The Kier molecular flexibility index (Phi) is 4.90. The Bertz CT molecular complexity index is 521. The number of nitrogens with zero attached hydrogens (tertiary/aromatic N) is 2. The molecule has 2 aromatic rings. The number of aliphatic hydroxyl groups is 1. The first-order valence-corrected chi connectivity index (χ1v) is 6.70. The van der Waals surface area contributed by atoms with Crippen LogP contribution in [0.2, 0.25) is 0 Å². The summed E-state index contributed by atoms with van der Waals surface area (Å²) in [5.41, 5.74) is 1.47. The number of pyridine rings is 1. The summed E-state index contributed by atoms with van der Waals surface area (Å²) in [6.07, 6.45) is 5.85. The molecule has 1 amide bonds. The lowest BCUT2D eigenvalue weighted by molar-refractivity contribution is 0.0558. The zero-order valence-electron chi connectivity index (χ0n) is 11.5. The topological polar surface area (TPSA) is 69.2 Å². The van der Waals surface area contributed by atoms with Gasteiger partial charge < -0.3 is 15.0 Å². The summed E-state index contributed by atoms with van der Waals surface area (Å²) in [5, 5.41) is 9.50. The average Bonchev–Trinajstić information content (AvgIpc) is 3.02. The Morgan fingerprint density at radius 2 is 2.30 bits per heavy atom. The summed E-state index contributed by atoms with van der Waals surface area (Å²) in [6, 6.07) is 7.09. The first-order chi connectivity index (χ1) is 9.76. The highest BCUT2D eigenvalue weighted by atomic mass is 16.3. The molecule has 0 aliphatic heterocycles. The molecule has 2 rings (SSSR count). The highest BCUT2D eigenvalue weighted by Crippen LogP contribution is 2.14. The van der Waals surface area contributed by atoms with E-state index < -0.39 is 0 Å². The lowest BCUT2D eigenvalue weighted by Gasteiger charge is -2.29. The van der Waals surface area contributed by atoms with Crippen LogP contribution in [-0.2, 0) is 6.54 Å². The summed E-state index contributed by atoms with van der Waals surface area (Å²) >= 11 is 0. The third kappa shape index (κ3) is 3.24. The number of carbonyl (C=O) groups is 1. The molecule has 0 aliphatic carbocycles. The molecule has 0 aliphatic rings. The quantitative estimate of drug-likeness (QED) is 0.843. The molecule has 0 saturated heterocycles. The van der Waals surface area contributed by atoms with Gasteiger partial charge in [-0.3, -0.25) is 9.78 Å². The van der Waals surface area contributed by atoms with Gasteiger partial charge in [-0.1, -0.05) is 13.0 Å². The molecule has 1 atom stereocenters. The number of H-pyrrole nitrogens is 1. The van der Waals surface area contributed by atoms with Gasteiger partial charge in [0.05, 0.1) is 12.6 Å². The normalized spacial score (nSPS) is 12.1. The van der Waals surface area contributed by atoms with Gasteiger partial charge in [0.2, 0.25) is 0 Å². The molecule has 5 nitrogen and oxygen atoms in total. The van der Waals surface area contributed by atoms with Crippen molar-refractivity contribution in [2.75, 3.05) is 6.61 Å². The number of hydrogen-bond acceptors (Lipinski definition) is 3. The largest absolute Gasteiger partial charge is 0.394 e. The number of amides is 1. The maximum Gasteiger partial charge on any atom is 0.270 e. The minimum Gasteiger partial charge on any atom is -0.394 e. The van der Waals surface area contributed by atoms with Crippen LogP contribution in [0.25, 0.3) is 0 Å². The Hall–Kier alpha value is -2.14. The molecular weight excluding hydrogens is 254 g/mol. The van der Waals surface area contributed by atoms with Crippen LogP contribution in [0.3, 0.4) is 0 Å². The molecule has 1 unspecified atom stereocenters. The Balaban J connectivity index is 2.23. The van der Waals surface area contributed by atoms with E-state index in [4.69, 9.17) is 0 Å². The number of aromatic amines is 1. The third-order valence-corrected chi connectivity index (χ3v) is 3.29. The molecule has 0 bridgehead atoms. The molecule has 0 fully saturated rings. The van der Waals surface area contributed by atoms with E-state index >= 15 is 0 Å².